The van der Waals surface area contributed by atoms with Crippen molar-refractivity contribution in [3.05, 3.63) is 35.9 Å². The van der Waals surface area contributed by atoms with Gasteiger partial charge in [0.25, 0.3) is 0 Å². The summed E-state index contributed by atoms with van der Waals surface area (Å²) in [6, 6.07) is 9.90. The van der Waals surface area contributed by atoms with E-state index in [9.17, 15) is 4.79 Å². The van der Waals surface area contributed by atoms with Crippen molar-refractivity contribution >= 4 is 11.9 Å². The first-order chi connectivity index (χ1) is 11.8. The van der Waals surface area contributed by atoms with E-state index in [4.69, 9.17) is 0 Å². The normalized spacial score (nSPS) is 15.3. The van der Waals surface area contributed by atoms with Gasteiger partial charge in [0.05, 0.1) is 6.54 Å². The molecule has 1 fully saturated rings. The second-order valence-electron chi connectivity index (χ2n) is 6.41. The first-order valence-electron chi connectivity index (χ1n) is 9.03. The number of carbonyl (C=O) groups excluding carboxylic acids is 1. The number of guanidine groups is 1. The van der Waals surface area contributed by atoms with Crippen LogP contribution in [0.1, 0.15) is 44.1 Å². The van der Waals surface area contributed by atoms with Crippen molar-refractivity contribution in [2.24, 2.45) is 10.9 Å². The van der Waals surface area contributed by atoms with Crippen molar-refractivity contribution in [2.75, 3.05) is 20.1 Å². The van der Waals surface area contributed by atoms with Gasteiger partial charge >= 0.3 is 0 Å². The molecule has 3 N–H and O–H groups in total. The second-order valence-corrected chi connectivity index (χ2v) is 6.41. The zero-order chi connectivity index (χ0) is 17.0. The van der Waals surface area contributed by atoms with Crippen LogP contribution >= 0.6 is 0 Å². The van der Waals surface area contributed by atoms with Gasteiger partial charge < -0.3 is 16.0 Å². The molecule has 0 aromatic heterocycles. The molecule has 132 valence electrons. The van der Waals surface area contributed by atoms with Gasteiger partial charge in [-0.2, -0.15) is 0 Å². The van der Waals surface area contributed by atoms with Gasteiger partial charge in [0.2, 0.25) is 5.91 Å². The van der Waals surface area contributed by atoms with E-state index >= 15 is 0 Å². The average Bonchev–Trinajstić information content (AvgIpc) is 3.13. The molecule has 0 radical (unpaired) electrons. The Morgan fingerprint density at radius 3 is 2.58 bits per heavy atom. The van der Waals surface area contributed by atoms with Crippen LogP contribution in [0.15, 0.2) is 35.3 Å². The Kier molecular flexibility index (Phi) is 8.15. The molecule has 5 heteroatoms. The summed E-state index contributed by atoms with van der Waals surface area (Å²) in [6.45, 7) is 1.69. The number of nitrogens with one attached hydrogen (secondary N) is 3. The van der Waals surface area contributed by atoms with Crippen molar-refractivity contribution in [3.8, 4) is 0 Å². The minimum Gasteiger partial charge on any atom is -0.356 e. The van der Waals surface area contributed by atoms with E-state index in [1.165, 1.54) is 32.1 Å². The van der Waals surface area contributed by atoms with E-state index in [-0.39, 0.29) is 12.5 Å². The van der Waals surface area contributed by atoms with Crippen LogP contribution < -0.4 is 16.0 Å². The van der Waals surface area contributed by atoms with Crippen LogP contribution in [0.4, 0.5) is 0 Å². The summed E-state index contributed by atoms with van der Waals surface area (Å²) in [6.07, 6.45) is 8.05. The van der Waals surface area contributed by atoms with E-state index < -0.39 is 0 Å². The summed E-state index contributed by atoms with van der Waals surface area (Å²) in [5.74, 6) is 1.58. The quantitative estimate of drug-likeness (QED) is 0.390. The first-order valence-corrected chi connectivity index (χ1v) is 9.03. The van der Waals surface area contributed by atoms with Gasteiger partial charge in [-0.3, -0.25) is 9.79 Å². The van der Waals surface area contributed by atoms with E-state index in [0.29, 0.717) is 12.5 Å². The molecule has 0 aliphatic heterocycles. The van der Waals surface area contributed by atoms with Crippen LogP contribution in [-0.2, 0) is 11.3 Å². The molecule has 0 saturated heterocycles. The zero-order valence-electron chi connectivity index (χ0n) is 14.7. The molecule has 0 bridgehead atoms. The summed E-state index contributed by atoms with van der Waals surface area (Å²) in [7, 11) is 1.73. The number of aliphatic imine (C=N–C) groups is 1. The molecule has 1 aliphatic carbocycles. The predicted octanol–water partition coefficient (Wildman–Crippen LogP) is 2.44. The molecule has 0 unspecified atom stereocenters. The molecule has 0 atom stereocenters. The summed E-state index contributed by atoms with van der Waals surface area (Å²) in [5.41, 5.74) is 1.10. The Morgan fingerprint density at radius 1 is 1.12 bits per heavy atom. The van der Waals surface area contributed by atoms with Gasteiger partial charge in [0.1, 0.15) is 0 Å². The highest BCUT2D eigenvalue weighted by Gasteiger charge is 2.14. The zero-order valence-corrected chi connectivity index (χ0v) is 14.7. The highest BCUT2D eigenvalue weighted by molar-refractivity contribution is 5.86. The fourth-order valence-electron chi connectivity index (χ4n) is 3.14. The van der Waals surface area contributed by atoms with Crippen LogP contribution in [0, 0.1) is 5.92 Å². The van der Waals surface area contributed by atoms with E-state index in [0.717, 1.165) is 24.4 Å². The van der Waals surface area contributed by atoms with Crippen LogP contribution in [0.2, 0.25) is 0 Å². The third-order valence-corrected chi connectivity index (χ3v) is 4.53. The molecular formula is C19H30N4O. The number of amides is 1. The van der Waals surface area contributed by atoms with E-state index in [1.54, 1.807) is 7.05 Å². The number of benzene rings is 1. The average molecular weight is 330 g/mol. The monoisotopic (exact) mass is 330 g/mol. The number of nitrogens with zero attached hydrogens (tertiary/aromatic N) is 1. The van der Waals surface area contributed by atoms with Gasteiger partial charge in [-0.15, -0.1) is 0 Å². The van der Waals surface area contributed by atoms with Crippen molar-refractivity contribution in [1.82, 2.24) is 16.0 Å². The maximum Gasteiger partial charge on any atom is 0.239 e. The molecule has 24 heavy (non-hydrogen) atoms. The largest absolute Gasteiger partial charge is 0.356 e. The maximum atomic E-state index is 11.9. The Bertz CT molecular complexity index is 509. The lowest BCUT2D eigenvalue weighted by Gasteiger charge is -2.13. The molecule has 5 nitrogen and oxygen atoms in total. The number of hydrogen-bond donors (Lipinski definition) is 3. The maximum absolute atomic E-state index is 11.9. The summed E-state index contributed by atoms with van der Waals surface area (Å²) >= 11 is 0. The summed E-state index contributed by atoms with van der Waals surface area (Å²) in [5, 5.41) is 9.24. The molecule has 1 aromatic rings. The van der Waals surface area contributed by atoms with Crippen LogP contribution in [0.5, 0.6) is 0 Å². The lowest BCUT2D eigenvalue weighted by molar-refractivity contribution is -0.120. The van der Waals surface area contributed by atoms with Gasteiger partial charge in [-0.05, 0) is 24.3 Å². The molecule has 1 amide bonds. The molecule has 2 rings (SSSR count). The van der Waals surface area contributed by atoms with Crippen LogP contribution in [0.25, 0.3) is 0 Å². The van der Waals surface area contributed by atoms with Crippen molar-refractivity contribution in [1.29, 1.82) is 0 Å². The summed E-state index contributed by atoms with van der Waals surface area (Å²) < 4.78 is 0. The van der Waals surface area contributed by atoms with Crippen LogP contribution in [-0.4, -0.2) is 32.0 Å². The Hall–Kier alpha value is -2.04. The molecule has 1 aromatic carbocycles. The Labute approximate surface area is 145 Å². The van der Waals surface area contributed by atoms with Gasteiger partial charge in [0, 0.05) is 20.1 Å². The number of rotatable bonds is 8. The number of carbonyl (C=O) groups is 1. The van der Waals surface area contributed by atoms with Crippen molar-refractivity contribution in [2.45, 2.75) is 45.1 Å². The van der Waals surface area contributed by atoms with E-state index in [2.05, 4.69) is 20.9 Å². The Balaban J connectivity index is 1.55. The summed E-state index contributed by atoms with van der Waals surface area (Å²) in [4.78, 5) is 16.0. The molecular weight excluding hydrogens is 300 g/mol. The molecule has 0 heterocycles. The fourth-order valence-corrected chi connectivity index (χ4v) is 3.14. The standard InChI is InChI=1S/C19H30N4O/c1-20-19(21-13-7-12-16-8-5-6-9-16)23-15-18(24)22-14-17-10-3-2-4-11-17/h2-4,10-11,16H,5-9,12-15H2,1H3,(H,22,24)(H2,20,21,23). The SMILES string of the molecule is CN=C(NCCCC1CCCC1)NCC(=O)NCc1ccccc1. The number of hydrogen-bond acceptors (Lipinski definition) is 2. The second kappa shape index (κ2) is 10.7. The molecule has 1 aliphatic rings. The smallest absolute Gasteiger partial charge is 0.239 e. The lowest BCUT2D eigenvalue weighted by atomic mass is 10.0. The highest BCUT2D eigenvalue weighted by Crippen LogP contribution is 2.28. The lowest BCUT2D eigenvalue weighted by Crippen LogP contribution is -2.43. The molecule has 0 spiro atoms. The molecule has 1 saturated carbocycles. The fraction of sp³-hybridized carbons (Fsp3) is 0.579. The minimum absolute atomic E-state index is 0.0345. The van der Waals surface area contributed by atoms with Gasteiger partial charge in [-0.1, -0.05) is 56.0 Å². The van der Waals surface area contributed by atoms with Gasteiger partial charge in [0.15, 0.2) is 5.96 Å². The highest BCUT2D eigenvalue weighted by atomic mass is 16.1. The predicted molar refractivity (Wildman–Crippen MR) is 98.8 cm³/mol. The van der Waals surface area contributed by atoms with E-state index in [1.807, 2.05) is 30.3 Å². The van der Waals surface area contributed by atoms with Gasteiger partial charge in [-0.25, -0.2) is 0 Å². The third-order valence-electron chi connectivity index (χ3n) is 4.53. The Morgan fingerprint density at radius 2 is 1.88 bits per heavy atom. The van der Waals surface area contributed by atoms with Crippen molar-refractivity contribution < 1.29 is 4.79 Å². The van der Waals surface area contributed by atoms with Crippen LogP contribution in [0.3, 0.4) is 0 Å². The topological polar surface area (TPSA) is 65.5 Å². The minimum atomic E-state index is -0.0345. The van der Waals surface area contributed by atoms with Crippen molar-refractivity contribution in [3.63, 3.8) is 0 Å². The third kappa shape index (κ3) is 7.02. The first kappa shape index (κ1) is 18.3.